The summed E-state index contributed by atoms with van der Waals surface area (Å²) in [5, 5.41) is 0. The van der Waals surface area contributed by atoms with Gasteiger partial charge in [0.1, 0.15) is 7.05 Å². The molecule has 0 bridgehead atoms. The van der Waals surface area contributed by atoms with E-state index in [0.29, 0.717) is 0 Å². The Balaban J connectivity index is 1.98. The van der Waals surface area contributed by atoms with Gasteiger partial charge in [0.2, 0.25) is 0 Å². The maximum atomic E-state index is 2.20. The van der Waals surface area contributed by atoms with Gasteiger partial charge in [-0.1, -0.05) is 42.5 Å². The van der Waals surface area contributed by atoms with Crippen molar-refractivity contribution in [2.75, 3.05) is 0 Å². The van der Waals surface area contributed by atoms with E-state index in [-0.39, 0.29) is 0 Å². The number of aryl methyl sites for hydroxylation is 1. The Hall–Kier alpha value is -1.89. The molecule has 0 saturated heterocycles. The molecule has 0 aliphatic carbocycles. The molecule has 0 aliphatic rings. The fourth-order valence-electron chi connectivity index (χ4n) is 1.57. The lowest BCUT2D eigenvalue weighted by atomic mass is 10.1. The van der Waals surface area contributed by atoms with Crippen LogP contribution in [0, 0.1) is 0 Å². The molecule has 1 heteroatoms. The molecule has 0 N–H and O–H groups in total. The van der Waals surface area contributed by atoms with Gasteiger partial charge in [-0.05, 0) is 17.5 Å². The summed E-state index contributed by atoms with van der Waals surface area (Å²) >= 11 is 0. The van der Waals surface area contributed by atoms with Crippen LogP contribution in [0.4, 0.5) is 0 Å². The van der Waals surface area contributed by atoms with Crippen LogP contribution in [0.25, 0.3) is 6.08 Å². The van der Waals surface area contributed by atoms with E-state index in [1.165, 1.54) is 11.1 Å². The predicted molar refractivity (Wildman–Crippen MR) is 66.8 cm³/mol. The molecular formula is C15H16N+. The molecule has 1 aromatic carbocycles. The molecule has 1 heterocycles. The lowest BCUT2D eigenvalue weighted by Crippen LogP contribution is -2.25. The third-order valence-corrected chi connectivity index (χ3v) is 2.51. The molecule has 0 unspecified atom stereocenters. The van der Waals surface area contributed by atoms with Crippen molar-refractivity contribution < 1.29 is 4.57 Å². The minimum Gasteiger partial charge on any atom is -0.208 e. The third-order valence-electron chi connectivity index (χ3n) is 2.51. The molecule has 0 saturated carbocycles. The monoisotopic (exact) mass is 210 g/mol. The van der Waals surface area contributed by atoms with Gasteiger partial charge < -0.3 is 0 Å². The Morgan fingerprint density at radius 1 is 1.00 bits per heavy atom. The number of pyridine rings is 1. The molecule has 1 nitrogen and oxygen atoms in total. The maximum absolute atomic E-state index is 2.20. The molecule has 0 amide bonds. The number of benzene rings is 1. The molecule has 2 aromatic rings. The van der Waals surface area contributed by atoms with Crippen LogP contribution in [0.2, 0.25) is 0 Å². The van der Waals surface area contributed by atoms with Gasteiger partial charge in [0.05, 0.1) is 0 Å². The average molecular weight is 210 g/mol. The molecule has 0 radical (unpaired) electrons. The summed E-state index contributed by atoms with van der Waals surface area (Å²) in [6.45, 7) is 0. The highest BCUT2D eigenvalue weighted by atomic mass is 14.9. The summed E-state index contributed by atoms with van der Waals surface area (Å²) < 4.78 is 2.04. The maximum Gasteiger partial charge on any atom is 0.169 e. The number of hydrogen-bond donors (Lipinski definition) is 0. The largest absolute Gasteiger partial charge is 0.208 e. The van der Waals surface area contributed by atoms with Gasteiger partial charge in [-0.2, -0.15) is 0 Å². The van der Waals surface area contributed by atoms with E-state index < -0.39 is 0 Å². The van der Waals surface area contributed by atoms with Crippen molar-refractivity contribution in [2.24, 2.45) is 7.05 Å². The zero-order valence-electron chi connectivity index (χ0n) is 9.51. The minimum absolute atomic E-state index is 0.988. The molecular weight excluding hydrogens is 194 g/mol. The van der Waals surface area contributed by atoms with Crippen LogP contribution in [0.15, 0.2) is 60.9 Å². The standard InChI is InChI=1S/C15H16N/c1-16-12-10-15(11-13-16)9-5-8-14-6-3-2-4-7-14/h2-7,9-13H,8H2,1H3/q+1/b9-5+. The zero-order chi connectivity index (χ0) is 11.2. The summed E-state index contributed by atoms with van der Waals surface area (Å²) in [6, 6.07) is 14.7. The van der Waals surface area contributed by atoms with Gasteiger partial charge in [0.25, 0.3) is 0 Å². The quantitative estimate of drug-likeness (QED) is 0.686. The fourth-order valence-corrected chi connectivity index (χ4v) is 1.57. The zero-order valence-corrected chi connectivity index (χ0v) is 9.51. The second kappa shape index (κ2) is 5.26. The fraction of sp³-hybridized carbons (Fsp3) is 0.133. The molecule has 2 rings (SSSR count). The van der Waals surface area contributed by atoms with Gasteiger partial charge in [-0.25, -0.2) is 4.57 Å². The smallest absolute Gasteiger partial charge is 0.169 e. The number of aromatic nitrogens is 1. The Morgan fingerprint density at radius 2 is 1.69 bits per heavy atom. The first-order valence-corrected chi connectivity index (χ1v) is 5.50. The molecule has 0 fully saturated rings. The van der Waals surface area contributed by atoms with Crippen molar-refractivity contribution in [3.8, 4) is 0 Å². The van der Waals surface area contributed by atoms with E-state index in [9.17, 15) is 0 Å². The van der Waals surface area contributed by atoms with Crippen molar-refractivity contribution in [3.63, 3.8) is 0 Å². The average Bonchev–Trinajstić information content (AvgIpc) is 2.33. The lowest BCUT2D eigenvalue weighted by Gasteiger charge is -1.94. The predicted octanol–water partition coefficient (Wildman–Crippen LogP) is 2.77. The van der Waals surface area contributed by atoms with Crippen LogP contribution in [-0.4, -0.2) is 0 Å². The van der Waals surface area contributed by atoms with E-state index in [1.807, 2.05) is 17.7 Å². The van der Waals surface area contributed by atoms with Crippen molar-refractivity contribution in [2.45, 2.75) is 6.42 Å². The van der Waals surface area contributed by atoms with Gasteiger partial charge in [0, 0.05) is 12.1 Å². The van der Waals surface area contributed by atoms with Crippen molar-refractivity contribution in [1.29, 1.82) is 0 Å². The molecule has 16 heavy (non-hydrogen) atoms. The van der Waals surface area contributed by atoms with E-state index >= 15 is 0 Å². The first kappa shape index (κ1) is 10.6. The Labute approximate surface area is 96.7 Å². The van der Waals surface area contributed by atoms with Gasteiger partial charge >= 0.3 is 0 Å². The third kappa shape index (κ3) is 3.06. The Kier molecular flexibility index (Phi) is 3.50. The number of hydrogen-bond acceptors (Lipinski definition) is 0. The van der Waals surface area contributed by atoms with E-state index in [2.05, 4.69) is 60.9 Å². The van der Waals surface area contributed by atoms with Crippen LogP contribution in [0.3, 0.4) is 0 Å². The molecule has 0 aliphatic heterocycles. The van der Waals surface area contributed by atoms with Crippen molar-refractivity contribution in [1.82, 2.24) is 0 Å². The van der Waals surface area contributed by atoms with Crippen molar-refractivity contribution >= 4 is 6.08 Å². The second-order valence-corrected chi connectivity index (χ2v) is 3.89. The SMILES string of the molecule is C[n+]1ccc(/C=C/Cc2ccccc2)cc1. The lowest BCUT2D eigenvalue weighted by molar-refractivity contribution is -0.671. The molecule has 1 aromatic heterocycles. The normalized spacial score (nSPS) is 10.8. The number of allylic oxidation sites excluding steroid dienone is 1. The molecule has 0 atom stereocenters. The van der Waals surface area contributed by atoms with Crippen LogP contribution in [0.5, 0.6) is 0 Å². The summed E-state index contributed by atoms with van der Waals surface area (Å²) in [6.07, 6.45) is 9.46. The highest BCUT2D eigenvalue weighted by Crippen LogP contribution is 2.03. The van der Waals surface area contributed by atoms with Crippen LogP contribution < -0.4 is 4.57 Å². The summed E-state index contributed by atoms with van der Waals surface area (Å²) in [5.41, 5.74) is 2.59. The first-order valence-electron chi connectivity index (χ1n) is 5.50. The Bertz CT molecular complexity index is 455. The highest BCUT2D eigenvalue weighted by Gasteiger charge is 1.91. The van der Waals surface area contributed by atoms with E-state index in [0.717, 1.165) is 6.42 Å². The van der Waals surface area contributed by atoms with Gasteiger partial charge in [0.15, 0.2) is 12.4 Å². The minimum atomic E-state index is 0.988. The van der Waals surface area contributed by atoms with Gasteiger partial charge in [-0.15, -0.1) is 0 Å². The van der Waals surface area contributed by atoms with Gasteiger partial charge in [-0.3, -0.25) is 0 Å². The highest BCUT2D eigenvalue weighted by molar-refractivity contribution is 5.48. The first-order chi connectivity index (χ1) is 7.84. The molecule has 80 valence electrons. The van der Waals surface area contributed by atoms with Crippen LogP contribution in [0.1, 0.15) is 11.1 Å². The van der Waals surface area contributed by atoms with Crippen LogP contribution in [-0.2, 0) is 13.5 Å². The second-order valence-electron chi connectivity index (χ2n) is 3.89. The van der Waals surface area contributed by atoms with Crippen molar-refractivity contribution in [3.05, 3.63) is 72.1 Å². The summed E-state index contributed by atoms with van der Waals surface area (Å²) in [4.78, 5) is 0. The Morgan fingerprint density at radius 3 is 2.38 bits per heavy atom. The summed E-state index contributed by atoms with van der Waals surface area (Å²) in [5.74, 6) is 0. The number of rotatable bonds is 3. The van der Waals surface area contributed by atoms with E-state index in [1.54, 1.807) is 0 Å². The molecule has 0 spiro atoms. The number of nitrogens with zero attached hydrogens (tertiary/aromatic N) is 1. The topological polar surface area (TPSA) is 3.88 Å². The van der Waals surface area contributed by atoms with E-state index in [4.69, 9.17) is 0 Å². The van der Waals surface area contributed by atoms with Crippen LogP contribution >= 0.6 is 0 Å². The summed E-state index contributed by atoms with van der Waals surface area (Å²) in [7, 11) is 2.03.